The molecule has 5 nitrogen and oxygen atoms in total. The quantitative estimate of drug-likeness (QED) is 0.702. The smallest absolute Gasteiger partial charge is 0.337 e. The lowest BCUT2D eigenvalue weighted by Crippen LogP contribution is -2.22. The zero-order valence-corrected chi connectivity index (χ0v) is 11.6. The number of rotatable bonds is 6. The van der Waals surface area contributed by atoms with E-state index in [4.69, 9.17) is 5.11 Å². The molecule has 98 valence electrons. The largest absolute Gasteiger partial charge is 0.478 e. The van der Waals surface area contributed by atoms with Gasteiger partial charge in [-0.05, 0) is 24.7 Å². The standard InChI is InChI=1S/C12H15BrN2O3/c1-2-14-6-5-11(16)15-10-4-3-8(13)7-9(10)12(17)18/h3-4,7,14H,2,5-6H2,1H3,(H,15,16)(H,17,18). The first-order chi connectivity index (χ1) is 8.54. The number of carbonyl (C=O) groups is 2. The summed E-state index contributed by atoms with van der Waals surface area (Å²) >= 11 is 3.20. The number of halogens is 1. The van der Waals surface area contributed by atoms with E-state index in [1.54, 1.807) is 12.1 Å². The van der Waals surface area contributed by atoms with Crippen molar-refractivity contribution in [2.75, 3.05) is 18.4 Å². The van der Waals surface area contributed by atoms with Gasteiger partial charge in [-0.3, -0.25) is 4.79 Å². The molecule has 18 heavy (non-hydrogen) atoms. The average molecular weight is 315 g/mol. The van der Waals surface area contributed by atoms with Gasteiger partial charge in [0.05, 0.1) is 11.3 Å². The minimum absolute atomic E-state index is 0.0705. The van der Waals surface area contributed by atoms with Crippen LogP contribution in [0.1, 0.15) is 23.7 Å². The number of benzene rings is 1. The number of carbonyl (C=O) groups excluding carboxylic acids is 1. The van der Waals surface area contributed by atoms with Crippen molar-refractivity contribution < 1.29 is 14.7 Å². The highest BCUT2D eigenvalue weighted by Crippen LogP contribution is 2.21. The molecule has 0 aliphatic rings. The van der Waals surface area contributed by atoms with Gasteiger partial charge in [0.25, 0.3) is 0 Å². The van der Waals surface area contributed by atoms with Crippen LogP contribution in [0.5, 0.6) is 0 Å². The van der Waals surface area contributed by atoms with Gasteiger partial charge < -0.3 is 15.7 Å². The Morgan fingerprint density at radius 3 is 2.72 bits per heavy atom. The number of nitrogens with one attached hydrogen (secondary N) is 2. The molecule has 0 saturated carbocycles. The summed E-state index contributed by atoms with van der Waals surface area (Å²) < 4.78 is 0.658. The van der Waals surface area contributed by atoms with Gasteiger partial charge in [0.15, 0.2) is 0 Å². The summed E-state index contributed by atoms with van der Waals surface area (Å²) in [6.07, 6.45) is 0.308. The molecule has 0 atom stereocenters. The fourth-order valence-corrected chi connectivity index (χ4v) is 1.75. The molecule has 0 aromatic heterocycles. The molecule has 0 aliphatic heterocycles. The predicted octanol–water partition coefficient (Wildman–Crippen LogP) is 2.09. The van der Waals surface area contributed by atoms with Crippen molar-refractivity contribution in [1.29, 1.82) is 0 Å². The number of amides is 1. The van der Waals surface area contributed by atoms with Gasteiger partial charge >= 0.3 is 5.97 Å². The Bertz CT molecular complexity index is 449. The summed E-state index contributed by atoms with van der Waals surface area (Å²) in [5.41, 5.74) is 0.383. The van der Waals surface area contributed by atoms with Crippen molar-refractivity contribution in [3.8, 4) is 0 Å². The van der Waals surface area contributed by atoms with Crippen LogP contribution in [-0.4, -0.2) is 30.1 Å². The first-order valence-electron chi connectivity index (χ1n) is 5.58. The van der Waals surface area contributed by atoms with Crippen LogP contribution in [0, 0.1) is 0 Å². The molecule has 0 radical (unpaired) electrons. The van der Waals surface area contributed by atoms with Crippen LogP contribution in [-0.2, 0) is 4.79 Å². The molecule has 0 heterocycles. The van der Waals surface area contributed by atoms with Crippen LogP contribution in [0.2, 0.25) is 0 Å². The SMILES string of the molecule is CCNCCC(=O)Nc1ccc(Br)cc1C(=O)O. The maximum atomic E-state index is 11.6. The second-order valence-electron chi connectivity index (χ2n) is 3.65. The molecule has 1 amide bonds. The van der Waals surface area contributed by atoms with Crippen LogP contribution in [0.25, 0.3) is 0 Å². The van der Waals surface area contributed by atoms with Crippen molar-refractivity contribution in [1.82, 2.24) is 5.32 Å². The van der Waals surface area contributed by atoms with Crippen LogP contribution >= 0.6 is 15.9 Å². The van der Waals surface area contributed by atoms with E-state index < -0.39 is 5.97 Å². The fraction of sp³-hybridized carbons (Fsp3) is 0.333. The summed E-state index contributed by atoms with van der Waals surface area (Å²) in [6, 6.07) is 4.72. The molecule has 1 aromatic rings. The van der Waals surface area contributed by atoms with Gasteiger partial charge in [0.1, 0.15) is 0 Å². The summed E-state index contributed by atoms with van der Waals surface area (Å²) in [5, 5.41) is 14.7. The van der Waals surface area contributed by atoms with Crippen LogP contribution in [0.4, 0.5) is 5.69 Å². The Hall–Kier alpha value is -1.40. The molecular formula is C12H15BrN2O3. The van der Waals surface area contributed by atoms with Crippen LogP contribution in [0.15, 0.2) is 22.7 Å². The molecule has 1 aromatic carbocycles. The Kier molecular flexibility index (Phi) is 5.80. The summed E-state index contributed by atoms with van der Waals surface area (Å²) in [6.45, 7) is 3.32. The van der Waals surface area contributed by atoms with Crippen molar-refractivity contribution >= 4 is 33.5 Å². The van der Waals surface area contributed by atoms with E-state index in [2.05, 4.69) is 26.6 Å². The molecule has 6 heteroatoms. The van der Waals surface area contributed by atoms with Crippen LogP contribution < -0.4 is 10.6 Å². The van der Waals surface area contributed by atoms with E-state index in [0.29, 0.717) is 23.1 Å². The highest BCUT2D eigenvalue weighted by molar-refractivity contribution is 9.10. The van der Waals surface area contributed by atoms with Gasteiger partial charge in [0, 0.05) is 17.4 Å². The van der Waals surface area contributed by atoms with Gasteiger partial charge in [-0.15, -0.1) is 0 Å². The highest BCUT2D eigenvalue weighted by Gasteiger charge is 2.12. The predicted molar refractivity (Wildman–Crippen MR) is 72.9 cm³/mol. The monoisotopic (exact) mass is 314 g/mol. The van der Waals surface area contributed by atoms with E-state index >= 15 is 0 Å². The Labute approximate surface area is 114 Å². The van der Waals surface area contributed by atoms with Crippen LogP contribution in [0.3, 0.4) is 0 Å². The van der Waals surface area contributed by atoms with Gasteiger partial charge in [-0.25, -0.2) is 4.79 Å². The molecule has 0 aliphatic carbocycles. The number of carboxylic acids is 1. The molecule has 3 N–H and O–H groups in total. The third-order valence-corrected chi connectivity index (χ3v) is 2.76. The highest BCUT2D eigenvalue weighted by atomic mass is 79.9. The van der Waals surface area contributed by atoms with E-state index in [-0.39, 0.29) is 11.5 Å². The van der Waals surface area contributed by atoms with E-state index in [1.807, 2.05) is 6.92 Å². The summed E-state index contributed by atoms with van der Waals surface area (Å²) in [4.78, 5) is 22.6. The van der Waals surface area contributed by atoms with E-state index in [1.165, 1.54) is 6.07 Å². The maximum Gasteiger partial charge on any atom is 0.337 e. The van der Waals surface area contributed by atoms with Crippen molar-refractivity contribution in [3.05, 3.63) is 28.2 Å². The van der Waals surface area contributed by atoms with Gasteiger partial charge in [0.2, 0.25) is 5.91 Å². The third kappa shape index (κ3) is 4.46. The second kappa shape index (κ2) is 7.13. The minimum atomic E-state index is -1.07. The molecule has 1 rings (SSSR count). The topological polar surface area (TPSA) is 78.4 Å². The Morgan fingerprint density at radius 2 is 2.11 bits per heavy atom. The fourth-order valence-electron chi connectivity index (χ4n) is 1.39. The zero-order chi connectivity index (χ0) is 13.5. The Balaban J connectivity index is 2.72. The van der Waals surface area contributed by atoms with Crippen molar-refractivity contribution in [3.63, 3.8) is 0 Å². The number of carboxylic acid groups (broad SMARTS) is 1. The molecule has 0 unspecified atom stereocenters. The lowest BCUT2D eigenvalue weighted by Gasteiger charge is -2.09. The van der Waals surface area contributed by atoms with E-state index in [9.17, 15) is 9.59 Å². The number of anilines is 1. The Morgan fingerprint density at radius 1 is 1.39 bits per heavy atom. The van der Waals surface area contributed by atoms with Gasteiger partial charge in [-0.2, -0.15) is 0 Å². The normalized spacial score (nSPS) is 10.1. The number of aromatic carboxylic acids is 1. The number of hydrogen-bond acceptors (Lipinski definition) is 3. The van der Waals surface area contributed by atoms with Crippen molar-refractivity contribution in [2.24, 2.45) is 0 Å². The number of hydrogen-bond donors (Lipinski definition) is 3. The third-order valence-electron chi connectivity index (χ3n) is 2.26. The average Bonchev–Trinajstić information content (AvgIpc) is 2.31. The molecule has 0 saturated heterocycles. The zero-order valence-electron chi connectivity index (χ0n) is 10.00. The van der Waals surface area contributed by atoms with E-state index in [0.717, 1.165) is 6.54 Å². The second-order valence-corrected chi connectivity index (χ2v) is 4.56. The molecule has 0 bridgehead atoms. The summed E-state index contributed by atoms with van der Waals surface area (Å²) in [5.74, 6) is -1.28. The first kappa shape index (κ1) is 14.7. The van der Waals surface area contributed by atoms with Crippen molar-refractivity contribution in [2.45, 2.75) is 13.3 Å². The van der Waals surface area contributed by atoms with Gasteiger partial charge in [-0.1, -0.05) is 22.9 Å². The molecular weight excluding hydrogens is 300 g/mol. The lowest BCUT2D eigenvalue weighted by molar-refractivity contribution is -0.116. The first-order valence-corrected chi connectivity index (χ1v) is 6.37. The molecule has 0 spiro atoms. The maximum absolute atomic E-state index is 11.6. The molecule has 0 fully saturated rings. The summed E-state index contributed by atoms with van der Waals surface area (Å²) in [7, 11) is 0. The lowest BCUT2D eigenvalue weighted by atomic mass is 10.1. The minimum Gasteiger partial charge on any atom is -0.478 e.